The number of halogens is 2. The Bertz CT molecular complexity index is 1850. The Morgan fingerprint density at radius 2 is 1.96 bits per heavy atom. The molecule has 1 fully saturated rings. The zero-order valence-electron chi connectivity index (χ0n) is 23.8. The van der Waals surface area contributed by atoms with Crippen molar-refractivity contribution in [3.8, 4) is 5.75 Å². The van der Waals surface area contributed by atoms with E-state index in [1.54, 1.807) is 5.01 Å². The number of morpholine rings is 1. The average molecular weight is 665 g/mol. The lowest BCUT2D eigenvalue weighted by molar-refractivity contribution is -0.0209. The van der Waals surface area contributed by atoms with E-state index in [2.05, 4.69) is 14.2 Å². The van der Waals surface area contributed by atoms with Crippen molar-refractivity contribution in [3.05, 3.63) is 88.0 Å². The Morgan fingerprint density at radius 1 is 1.16 bits per heavy atom. The van der Waals surface area contributed by atoms with E-state index in [4.69, 9.17) is 14.2 Å². The molecule has 4 heterocycles. The van der Waals surface area contributed by atoms with Gasteiger partial charge in [0.2, 0.25) is 6.79 Å². The van der Waals surface area contributed by atoms with Gasteiger partial charge in [-0.1, -0.05) is 29.4 Å². The van der Waals surface area contributed by atoms with Crippen LogP contribution in [-0.4, -0.2) is 76.1 Å². The zero-order chi connectivity index (χ0) is 31.9. The molecule has 0 N–H and O–H groups in total. The second-order valence-electron chi connectivity index (χ2n) is 10.0. The van der Waals surface area contributed by atoms with Crippen LogP contribution in [0.4, 0.5) is 13.6 Å². The molecule has 1 saturated heterocycles. The number of ether oxygens (including phenoxy) is 4. The minimum atomic E-state index is -4.06. The van der Waals surface area contributed by atoms with Crippen molar-refractivity contribution in [2.45, 2.75) is 22.9 Å². The normalized spacial score (nSPS) is 19.5. The van der Waals surface area contributed by atoms with Gasteiger partial charge in [-0.05, 0) is 29.3 Å². The molecule has 238 valence electrons. The third-order valence-corrected chi connectivity index (χ3v) is 8.83. The summed E-state index contributed by atoms with van der Waals surface area (Å²) in [7, 11) is -2.97. The zero-order valence-corrected chi connectivity index (χ0v) is 25.5. The van der Waals surface area contributed by atoms with Crippen molar-refractivity contribution < 1.29 is 50.0 Å². The first-order valence-corrected chi connectivity index (χ1v) is 16.3. The summed E-state index contributed by atoms with van der Waals surface area (Å²) >= 11 is 1.36. The molecule has 3 aromatic rings. The Kier molecular flexibility index (Phi) is 8.32. The Labute approximate surface area is 259 Å². The van der Waals surface area contributed by atoms with Gasteiger partial charge in [-0.2, -0.15) is 8.42 Å². The molecule has 0 unspecified atom stereocenters. The number of methoxy groups -OCH3 is 1. The molecule has 13 nitrogen and oxygen atoms in total. The minimum Gasteiger partial charge on any atom is -0.452 e. The van der Waals surface area contributed by atoms with Gasteiger partial charge in [-0.15, -0.1) is 11.8 Å². The molecule has 0 aliphatic carbocycles. The van der Waals surface area contributed by atoms with Gasteiger partial charge in [0, 0.05) is 29.0 Å². The fourth-order valence-corrected chi connectivity index (χ4v) is 6.83. The Hall–Kier alpha value is -4.35. The van der Waals surface area contributed by atoms with Gasteiger partial charge in [-0.3, -0.25) is 18.8 Å². The molecule has 17 heteroatoms. The molecule has 3 aliphatic heterocycles. The number of aromatic nitrogens is 1. The Morgan fingerprint density at radius 3 is 2.73 bits per heavy atom. The molecular weight excluding hydrogens is 638 g/mol. The lowest BCUT2D eigenvalue weighted by Gasteiger charge is -2.51. The summed E-state index contributed by atoms with van der Waals surface area (Å²) in [6, 6.07) is 10.6. The fourth-order valence-electron chi connectivity index (χ4n) is 5.50. The van der Waals surface area contributed by atoms with E-state index in [9.17, 15) is 22.4 Å². The topological polar surface area (TPSA) is 138 Å². The molecule has 3 aliphatic rings. The Balaban J connectivity index is 1.61. The molecule has 1 amide bonds. The van der Waals surface area contributed by atoms with Crippen LogP contribution in [0.15, 0.2) is 58.7 Å². The van der Waals surface area contributed by atoms with Crippen LogP contribution in [0.3, 0.4) is 0 Å². The van der Waals surface area contributed by atoms with Gasteiger partial charge >= 0.3 is 16.3 Å². The van der Waals surface area contributed by atoms with E-state index >= 15 is 4.39 Å². The second-order valence-corrected chi connectivity index (χ2v) is 12.6. The van der Waals surface area contributed by atoms with Crippen molar-refractivity contribution in [1.29, 1.82) is 0 Å². The molecule has 45 heavy (non-hydrogen) atoms. The molecule has 0 saturated carbocycles. The molecule has 2 aromatic carbocycles. The number of amides is 1. The number of rotatable bonds is 6. The molecule has 0 bridgehead atoms. The van der Waals surface area contributed by atoms with Crippen LogP contribution in [0.5, 0.6) is 5.75 Å². The van der Waals surface area contributed by atoms with Crippen LogP contribution in [0.1, 0.15) is 33.2 Å². The highest BCUT2D eigenvalue weighted by molar-refractivity contribution is 7.98. The predicted molar refractivity (Wildman–Crippen MR) is 153 cm³/mol. The monoisotopic (exact) mass is 664 g/mol. The largest absolute Gasteiger partial charge is 0.510 e. The maximum Gasteiger partial charge on any atom is 0.510 e. The van der Waals surface area contributed by atoms with Crippen LogP contribution in [-0.2, 0) is 34.4 Å². The number of nitrogens with zero attached hydrogens (tertiary/aromatic N) is 4. The van der Waals surface area contributed by atoms with Crippen LogP contribution < -0.4 is 15.1 Å². The number of pyridine rings is 1. The molecule has 6 rings (SSSR count). The first kappa shape index (κ1) is 30.7. The van der Waals surface area contributed by atoms with Crippen molar-refractivity contribution in [1.82, 2.24) is 9.58 Å². The molecular formula is C28H26F2N4O9S2. The van der Waals surface area contributed by atoms with Gasteiger partial charge in [0.1, 0.15) is 6.17 Å². The number of thioether (sulfide) groups is 1. The maximum atomic E-state index is 15.4. The van der Waals surface area contributed by atoms with E-state index in [-0.39, 0.29) is 47.9 Å². The van der Waals surface area contributed by atoms with Gasteiger partial charge in [-0.25, -0.2) is 13.6 Å². The smallest absolute Gasteiger partial charge is 0.452 e. The van der Waals surface area contributed by atoms with E-state index in [1.807, 2.05) is 24.3 Å². The number of benzene rings is 2. The summed E-state index contributed by atoms with van der Waals surface area (Å²) in [5.74, 6) is -2.61. The highest BCUT2D eigenvalue weighted by Gasteiger charge is 2.46. The first-order chi connectivity index (χ1) is 21.6. The number of hydrogen-bond donors (Lipinski definition) is 0. The van der Waals surface area contributed by atoms with Crippen molar-refractivity contribution in [3.63, 3.8) is 0 Å². The van der Waals surface area contributed by atoms with E-state index < -0.39 is 52.8 Å². The highest BCUT2D eigenvalue weighted by Crippen LogP contribution is 2.45. The SMILES string of the molecule is COC(=O)OCOc1c2n(cc/c1=N\OS(C)(=O)=O)N([C@@H]1c3ccccc3SCc3c1ccc(F)c3F)[C@@H]1COCCN1C2=O. The second kappa shape index (κ2) is 12.2. The van der Waals surface area contributed by atoms with Gasteiger partial charge in [0.05, 0.1) is 32.6 Å². The van der Waals surface area contributed by atoms with E-state index in [0.29, 0.717) is 5.56 Å². The third kappa shape index (κ3) is 5.78. The molecule has 2 atom stereocenters. The molecule has 0 radical (unpaired) electrons. The highest BCUT2D eigenvalue weighted by atomic mass is 32.2. The molecule has 1 aromatic heterocycles. The summed E-state index contributed by atoms with van der Waals surface area (Å²) in [4.78, 5) is 28.2. The summed E-state index contributed by atoms with van der Waals surface area (Å²) in [6.45, 7) is -0.283. The van der Waals surface area contributed by atoms with E-state index in [0.717, 1.165) is 29.9 Å². The summed E-state index contributed by atoms with van der Waals surface area (Å²) < 4.78 is 80.5. The van der Waals surface area contributed by atoms with Gasteiger partial charge < -0.3 is 23.8 Å². The summed E-state index contributed by atoms with van der Waals surface area (Å²) in [5.41, 5.74) is 1.27. The quantitative estimate of drug-likeness (QED) is 0.219. The van der Waals surface area contributed by atoms with Gasteiger partial charge in [0.15, 0.2) is 28.4 Å². The number of carbonyl (C=O) groups excluding carboxylic acids is 2. The fraction of sp³-hybridized carbons (Fsp3) is 0.321. The van der Waals surface area contributed by atoms with Crippen LogP contribution in [0.2, 0.25) is 0 Å². The van der Waals surface area contributed by atoms with Crippen LogP contribution in [0.25, 0.3) is 0 Å². The van der Waals surface area contributed by atoms with Crippen LogP contribution >= 0.6 is 11.8 Å². The van der Waals surface area contributed by atoms with Gasteiger partial charge in [0.25, 0.3) is 5.91 Å². The standard InChI is InChI=1S/C28H26F2N4O9S2/c1-39-28(36)42-15-41-26-20(31-43-45(2,37)38)9-10-33-25(26)27(35)32-11-12-40-13-22(32)34(33)24-16-7-8-19(29)23(30)18(16)14-44-21-6-4-3-5-17(21)24/h3-10,22,24H,11-15H2,1-2H3/b31-20+/t22-,24+/m1/s1. The van der Waals surface area contributed by atoms with Crippen LogP contribution in [0, 0.1) is 11.6 Å². The number of carbonyl (C=O) groups is 2. The van der Waals surface area contributed by atoms with Crippen molar-refractivity contribution >= 4 is 33.9 Å². The lowest BCUT2D eigenvalue weighted by Crippen LogP contribution is -2.66. The maximum absolute atomic E-state index is 15.4. The summed E-state index contributed by atoms with van der Waals surface area (Å²) in [6.07, 6.45) is 0.451. The summed E-state index contributed by atoms with van der Waals surface area (Å²) in [5, 5.41) is 5.28. The molecule has 0 spiro atoms. The number of fused-ring (bicyclic) bond motifs is 4. The first-order valence-electron chi connectivity index (χ1n) is 13.5. The predicted octanol–water partition coefficient (Wildman–Crippen LogP) is 2.82. The number of hydrogen-bond acceptors (Lipinski definition) is 12. The van der Waals surface area contributed by atoms with Crippen molar-refractivity contribution in [2.75, 3.05) is 44.9 Å². The third-order valence-electron chi connectivity index (χ3n) is 7.37. The van der Waals surface area contributed by atoms with E-state index in [1.165, 1.54) is 39.7 Å². The van der Waals surface area contributed by atoms with Crippen molar-refractivity contribution in [2.24, 2.45) is 5.16 Å². The average Bonchev–Trinajstić information content (AvgIpc) is 3.19. The lowest BCUT2D eigenvalue weighted by atomic mass is 9.93. The minimum absolute atomic E-state index is 0.0773.